The summed E-state index contributed by atoms with van der Waals surface area (Å²) in [5.41, 5.74) is 4.85. The maximum Gasteiger partial charge on any atom is 0.156 e. The quantitative estimate of drug-likeness (QED) is 0.798. The highest BCUT2D eigenvalue weighted by Crippen LogP contribution is 2.32. The van der Waals surface area contributed by atoms with Crippen LogP contribution < -0.4 is 0 Å². The van der Waals surface area contributed by atoms with Crippen LogP contribution in [0.4, 0.5) is 0 Å². The minimum atomic E-state index is 0.255. The van der Waals surface area contributed by atoms with Crippen molar-refractivity contribution in [3.63, 3.8) is 0 Å². The van der Waals surface area contributed by atoms with Crippen LogP contribution in [-0.2, 0) is 6.54 Å². The summed E-state index contributed by atoms with van der Waals surface area (Å²) in [6.45, 7) is 3.94. The number of nitrogens with one attached hydrogen (secondary N) is 1. The van der Waals surface area contributed by atoms with E-state index in [9.17, 15) is 0 Å². The van der Waals surface area contributed by atoms with Crippen LogP contribution in [0, 0.1) is 6.92 Å². The van der Waals surface area contributed by atoms with Crippen molar-refractivity contribution in [1.82, 2.24) is 29.8 Å². The van der Waals surface area contributed by atoms with Crippen molar-refractivity contribution in [3.8, 4) is 11.5 Å². The Morgan fingerprint density at radius 2 is 2.30 bits per heavy atom. The molecule has 0 spiro atoms. The van der Waals surface area contributed by atoms with E-state index >= 15 is 0 Å². The predicted molar refractivity (Wildman–Crippen MR) is 88.8 cm³/mol. The number of aromatic amines is 1. The number of nitrogens with zero attached hydrogens (tertiary/aromatic N) is 5. The number of imidazole rings is 1. The fourth-order valence-electron chi connectivity index (χ4n) is 3.10. The second kappa shape index (κ2) is 6.17. The highest BCUT2D eigenvalue weighted by molar-refractivity contribution is 7.07. The Morgan fingerprint density at radius 3 is 3.09 bits per heavy atom. The average Bonchev–Trinajstić information content (AvgIpc) is 3.30. The van der Waals surface area contributed by atoms with Gasteiger partial charge in [-0.15, -0.1) is 11.3 Å². The minimum Gasteiger partial charge on any atom is -0.343 e. The zero-order chi connectivity index (χ0) is 15.6. The van der Waals surface area contributed by atoms with E-state index < -0.39 is 0 Å². The van der Waals surface area contributed by atoms with Crippen molar-refractivity contribution in [2.75, 3.05) is 6.54 Å². The molecule has 1 atom stereocenters. The maximum atomic E-state index is 4.77. The van der Waals surface area contributed by atoms with E-state index in [1.54, 1.807) is 17.5 Å². The van der Waals surface area contributed by atoms with Crippen molar-refractivity contribution in [1.29, 1.82) is 0 Å². The van der Waals surface area contributed by atoms with Gasteiger partial charge in [0.05, 0.1) is 17.2 Å². The first kappa shape index (κ1) is 14.5. The molecule has 6 nitrogen and oxygen atoms in total. The normalized spacial score (nSPS) is 18.6. The van der Waals surface area contributed by atoms with Crippen LogP contribution in [0.3, 0.4) is 0 Å². The lowest BCUT2D eigenvalue weighted by Crippen LogP contribution is -2.24. The summed E-state index contributed by atoms with van der Waals surface area (Å²) in [7, 11) is 0. The third kappa shape index (κ3) is 3.02. The summed E-state index contributed by atoms with van der Waals surface area (Å²) in [4.78, 5) is 23.7. The topological polar surface area (TPSA) is 70.6 Å². The molecular formula is C16H18N6S. The molecule has 4 heterocycles. The van der Waals surface area contributed by atoms with Gasteiger partial charge >= 0.3 is 0 Å². The molecule has 1 fully saturated rings. The Morgan fingerprint density at radius 1 is 1.35 bits per heavy atom. The number of hydrogen-bond acceptors (Lipinski definition) is 6. The summed E-state index contributed by atoms with van der Waals surface area (Å²) < 4.78 is 0. The molecule has 0 bridgehead atoms. The molecule has 1 aliphatic rings. The maximum absolute atomic E-state index is 4.77. The Labute approximate surface area is 138 Å². The van der Waals surface area contributed by atoms with Crippen LogP contribution in [0.25, 0.3) is 11.5 Å². The molecule has 0 aliphatic carbocycles. The second-order valence-corrected chi connectivity index (χ2v) is 6.52. The summed E-state index contributed by atoms with van der Waals surface area (Å²) >= 11 is 1.64. The van der Waals surface area contributed by atoms with Crippen LogP contribution in [0.15, 0.2) is 29.4 Å². The SMILES string of the molecule is Cc1cc(-c2ncc[nH]2)nc([C@H]2CCCN2Cc2cscn2)n1. The molecule has 0 aromatic carbocycles. The number of H-pyrrole nitrogens is 1. The number of aryl methyl sites for hydroxylation is 1. The first-order valence-corrected chi connectivity index (χ1v) is 8.70. The van der Waals surface area contributed by atoms with Crippen molar-refractivity contribution >= 4 is 11.3 Å². The lowest BCUT2D eigenvalue weighted by atomic mass is 10.2. The van der Waals surface area contributed by atoms with Crippen LogP contribution >= 0.6 is 11.3 Å². The fourth-order valence-corrected chi connectivity index (χ4v) is 3.65. The van der Waals surface area contributed by atoms with Crippen LogP contribution in [0.2, 0.25) is 0 Å². The van der Waals surface area contributed by atoms with Crippen molar-refractivity contribution in [3.05, 3.63) is 46.6 Å². The van der Waals surface area contributed by atoms with Gasteiger partial charge in [-0.25, -0.2) is 19.9 Å². The van der Waals surface area contributed by atoms with Gasteiger partial charge < -0.3 is 4.98 Å². The number of likely N-dealkylation sites (tertiary alicyclic amines) is 1. The Balaban J connectivity index is 1.63. The molecule has 0 unspecified atom stereocenters. The predicted octanol–water partition coefficient (Wildman–Crippen LogP) is 2.97. The van der Waals surface area contributed by atoms with Gasteiger partial charge in [0.1, 0.15) is 11.5 Å². The van der Waals surface area contributed by atoms with E-state index in [4.69, 9.17) is 9.97 Å². The molecule has 1 N–H and O–H groups in total. The van der Waals surface area contributed by atoms with Gasteiger partial charge in [-0.05, 0) is 32.4 Å². The molecule has 7 heteroatoms. The molecule has 4 rings (SSSR count). The summed E-state index contributed by atoms with van der Waals surface area (Å²) in [6, 6.07) is 2.23. The lowest BCUT2D eigenvalue weighted by Gasteiger charge is -2.22. The van der Waals surface area contributed by atoms with E-state index in [1.807, 2.05) is 24.7 Å². The fraction of sp³-hybridized carbons (Fsp3) is 0.375. The smallest absolute Gasteiger partial charge is 0.156 e. The van der Waals surface area contributed by atoms with Gasteiger partial charge in [-0.2, -0.15) is 0 Å². The average molecular weight is 326 g/mol. The first-order chi connectivity index (χ1) is 11.3. The molecule has 0 amide bonds. The Bertz CT molecular complexity index is 768. The summed E-state index contributed by atoms with van der Waals surface area (Å²) in [5.74, 6) is 1.69. The van der Waals surface area contributed by atoms with E-state index in [1.165, 1.54) is 6.42 Å². The standard InChI is InChI=1S/C16H18N6S/c1-11-7-13(15-17-4-5-18-15)21-16(20-11)14-3-2-6-22(14)8-12-9-23-10-19-12/h4-5,7,9-10,14H,2-3,6,8H2,1H3,(H,17,18)/t14-/m1/s1. The third-order valence-corrected chi connectivity index (χ3v) is 4.76. The second-order valence-electron chi connectivity index (χ2n) is 5.80. The minimum absolute atomic E-state index is 0.255. The van der Waals surface area contributed by atoms with E-state index in [0.29, 0.717) is 0 Å². The number of thiazole rings is 1. The van der Waals surface area contributed by atoms with Gasteiger partial charge in [0, 0.05) is 30.0 Å². The van der Waals surface area contributed by atoms with Crippen molar-refractivity contribution < 1.29 is 0 Å². The number of hydrogen-bond donors (Lipinski definition) is 1. The molecule has 3 aromatic heterocycles. The third-order valence-electron chi connectivity index (χ3n) is 4.12. The molecule has 1 aliphatic heterocycles. The zero-order valence-electron chi connectivity index (χ0n) is 12.9. The monoisotopic (exact) mass is 326 g/mol. The van der Waals surface area contributed by atoms with Gasteiger partial charge in [0.15, 0.2) is 5.82 Å². The number of aromatic nitrogens is 5. The van der Waals surface area contributed by atoms with Crippen molar-refractivity contribution in [2.24, 2.45) is 0 Å². The zero-order valence-corrected chi connectivity index (χ0v) is 13.8. The van der Waals surface area contributed by atoms with E-state index in [2.05, 4.69) is 25.2 Å². The van der Waals surface area contributed by atoms with Gasteiger partial charge in [0.25, 0.3) is 0 Å². The van der Waals surface area contributed by atoms with Gasteiger partial charge in [-0.1, -0.05) is 0 Å². The Hall–Kier alpha value is -2.12. The lowest BCUT2D eigenvalue weighted by molar-refractivity contribution is 0.237. The molecule has 23 heavy (non-hydrogen) atoms. The molecular weight excluding hydrogens is 308 g/mol. The highest BCUT2D eigenvalue weighted by atomic mass is 32.1. The van der Waals surface area contributed by atoms with E-state index in [-0.39, 0.29) is 6.04 Å². The van der Waals surface area contributed by atoms with Crippen LogP contribution in [-0.4, -0.2) is 36.4 Å². The molecule has 3 aromatic rings. The molecule has 1 saturated heterocycles. The summed E-state index contributed by atoms with van der Waals surface area (Å²) in [5, 5.41) is 2.11. The number of rotatable bonds is 4. The van der Waals surface area contributed by atoms with Crippen LogP contribution in [0.1, 0.15) is 36.1 Å². The van der Waals surface area contributed by atoms with Gasteiger partial charge in [-0.3, -0.25) is 4.90 Å². The largest absolute Gasteiger partial charge is 0.343 e. The van der Waals surface area contributed by atoms with Crippen molar-refractivity contribution in [2.45, 2.75) is 32.4 Å². The molecule has 118 valence electrons. The highest BCUT2D eigenvalue weighted by Gasteiger charge is 2.29. The van der Waals surface area contributed by atoms with E-state index in [0.717, 1.165) is 48.2 Å². The summed E-state index contributed by atoms with van der Waals surface area (Å²) in [6.07, 6.45) is 5.82. The van der Waals surface area contributed by atoms with Gasteiger partial charge in [0.2, 0.25) is 0 Å². The molecule has 0 saturated carbocycles. The molecule has 0 radical (unpaired) electrons. The first-order valence-electron chi connectivity index (χ1n) is 7.76. The Kier molecular flexibility index (Phi) is 3.88. The van der Waals surface area contributed by atoms with Crippen LogP contribution in [0.5, 0.6) is 0 Å².